The van der Waals surface area contributed by atoms with Crippen molar-refractivity contribution < 1.29 is 29.4 Å². The smallest absolute Gasteiger partial charge is 0.412 e. The summed E-state index contributed by atoms with van der Waals surface area (Å²) in [6, 6.07) is 14.3. The molecule has 0 aliphatic carbocycles. The Hall–Kier alpha value is -2.88. The molecule has 0 aliphatic heterocycles. The number of benzene rings is 2. The van der Waals surface area contributed by atoms with Gasteiger partial charge < -0.3 is 14.6 Å². The number of hydroxylamine groups is 1. The maximum absolute atomic E-state index is 12.6. The zero-order valence-electron chi connectivity index (χ0n) is 17.7. The van der Waals surface area contributed by atoms with Crippen LogP contribution < -0.4 is 15.5 Å². The molecule has 0 spiro atoms. The molecule has 2 rings (SSSR count). The van der Waals surface area contributed by atoms with Crippen molar-refractivity contribution in [2.75, 3.05) is 18.5 Å². The van der Waals surface area contributed by atoms with Crippen molar-refractivity contribution in [1.29, 1.82) is 0 Å². The molecule has 2 amide bonds. The Morgan fingerprint density at radius 3 is 2.56 bits per heavy atom. The molecule has 9 heteroatoms. The number of hydrogen-bond acceptors (Lipinski definition) is 6. The number of rotatable bonds is 11. The number of aliphatic hydroxyl groups excluding tert-OH is 1. The first kappa shape index (κ1) is 25.4. The Balaban J connectivity index is 2.18. The molecule has 0 radical (unpaired) electrons. The second-order valence-electron chi connectivity index (χ2n) is 7.00. The molecular weight excluding hydrogens is 480 g/mol. The Morgan fingerprint density at radius 2 is 1.88 bits per heavy atom. The number of ether oxygens (including phenoxy) is 2. The van der Waals surface area contributed by atoms with Crippen LogP contribution in [0.1, 0.15) is 31.4 Å². The highest BCUT2D eigenvalue weighted by molar-refractivity contribution is 9.10. The van der Waals surface area contributed by atoms with Crippen LogP contribution in [-0.4, -0.2) is 35.5 Å². The molecule has 4 N–H and O–H groups in total. The number of carbonyl (C=O) groups excluding carboxylic acids is 2. The summed E-state index contributed by atoms with van der Waals surface area (Å²) in [7, 11) is 0. The van der Waals surface area contributed by atoms with Gasteiger partial charge in [0.15, 0.2) is 0 Å². The molecule has 0 aliphatic rings. The Labute approximate surface area is 195 Å². The van der Waals surface area contributed by atoms with E-state index < -0.39 is 18.1 Å². The number of amides is 2. The molecule has 0 fully saturated rings. The lowest BCUT2D eigenvalue weighted by molar-refractivity contribution is -0.124. The number of anilines is 1. The van der Waals surface area contributed by atoms with E-state index in [1.807, 2.05) is 31.2 Å². The van der Waals surface area contributed by atoms with Crippen LogP contribution in [0.15, 0.2) is 65.2 Å². The highest BCUT2D eigenvalue weighted by atomic mass is 79.9. The number of hydrogen-bond donors (Lipinski definition) is 4. The molecule has 172 valence electrons. The van der Waals surface area contributed by atoms with Crippen LogP contribution in [-0.2, 0) is 9.53 Å². The first-order chi connectivity index (χ1) is 15.4. The van der Waals surface area contributed by atoms with Gasteiger partial charge in [0, 0.05) is 21.8 Å². The number of allylic oxidation sites excluding steroid dienone is 1. The molecule has 0 saturated carbocycles. The lowest BCUT2D eigenvalue weighted by Crippen LogP contribution is -2.22. The van der Waals surface area contributed by atoms with Crippen molar-refractivity contribution in [3.8, 4) is 5.75 Å². The molecule has 0 saturated heterocycles. The van der Waals surface area contributed by atoms with Crippen LogP contribution in [0, 0.1) is 5.92 Å². The van der Waals surface area contributed by atoms with E-state index in [4.69, 9.17) is 19.8 Å². The summed E-state index contributed by atoms with van der Waals surface area (Å²) in [4.78, 5) is 23.8. The number of para-hydroxylation sites is 1. The van der Waals surface area contributed by atoms with Gasteiger partial charge in [-0.2, -0.15) is 0 Å². The quantitative estimate of drug-likeness (QED) is 0.201. The minimum absolute atomic E-state index is 0.113. The zero-order valence-corrected chi connectivity index (χ0v) is 19.2. The van der Waals surface area contributed by atoms with Gasteiger partial charge in [0.05, 0.1) is 6.61 Å². The van der Waals surface area contributed by atoms with Gasteiger partial charge >= 0.3 is 6.09 Å². The third-order valence-electron chi connectivity index (χ3n) is 4.58. The summed E-state index contributed by atoms with van der Waals surface area (Å²) in [6.07, 6.45) is 2.75. The minimum atomic E-state index is -0.639. The van der Waals surface area contributed by atoms with Crippen LogP contribution in [0.2, 0.25) is 0 Å². The Morgan fingerprint density at radius 1 is 1.16 bits per heavy atom. The van der Waals surface area contributed by atoms with Gasteiger partial charge in [0.2, 0.25) is 0 Å². The van der Waals surface area contributed by atoms with Crippen LogP contribution in [0.3, 0.4) is 0 Å². The largest absolute Gasteiger partial charge is 0.491 e. The fourth-order valence-electron chi connectivity index (χ4n) is 3.02. The van der Waals surface area contributed by atoms with Gasteiger partial charge in [-0.15, -0.1) is 0 Å². The van der Waals surface area contributed by atoms with Gasteiger partial charge in [-0.05, 0) is 49.1 Å². The van der Waals surface area contributed by atoms with Gasteiger partial charge in [0.25, 0.3) is 5.91 Å². The fourth-order valence-corrected chi connectivity index (χ4v) is 3.29. The molecular formula is C23H27BrN2O6. The maximum atomic E-state index is 12.6. The number of nitrogens with one attached hydrogen (secondary N) is 2. The van der Waals surface area contributed by atoms with Crippen molar-refractivity contribution in [3.63, 3.8) is 0 Å². The first-order valence-corrected chi connectivity index (χ1v) is 10.9. The predicted molar refractivity (Wildman–Crippen MR) is 123 cm³/mol. The number of halogens is 1. The molecule has 0 heterocycles. The van der Waals surface area contributed by atoms with E-state index in [1.165, 1.54) is 11.6 Å². The summed E-state index contributed by atoms with van der Waals surface area (Å²) in [5, 5.41) is 20.4. The van der Waals surface area contributed by atoms with E-state index in [0.717, 1.165) is 4.47 Å². The van der Waals surface area contributed by atoms with E-state index in [9.17, 15) is 9.59 Å². The van der Waals surface area contributed by atoms with Crippen molar-refractivity contribution in [2.24, 2.45) is 5.92 Å². The van der Waals surface area contributed by atoms with E-state index >= 15 is 0 Å². The molecule has 2 aromatic carbocycles. The normalized spacial score (nSPS) is 12.8. The van der Waals surface area contributed by atoms with Crippen LogP contribution in [0.4, 0.5) is 10.5 Å². The van der Waals surface area contributed by atoms with Gasteiger partial charge in [-0.1, -0.05) is 47.1 Å². The molecule has 0 bridgehead atoms. The molecule has 2 atom stereocenters. The number of carbonyl (C=O) groups is 2. The zero-order chi connectivity index (χ0) is 23.3. The van der Waals surface area contributed by atoms with Gasteiger partial charge in [-0.25, -0.2) is 10.3 Å². The van der Waals surface area contributed by atoms with Crippen LogP contribution in [0.25, 0.3) is 0 Å². The monoisotopic (exact) mass is 506 g/mol. The highest BCUT2D eigenvalue weighted by Crippen LogP contribution is 2.35. The summed E-state index contributed by atoms with van der Waals surface area (Å²) >= 11 is 3.35. The lowest BCUT2D eigenvalue weighted by atomic mass is 9.92. The Bertz CT molecular complexity index is 904. The molecule has 8 nitrogen and oxygen atoms in total. The van der Waals surface area contributed by atoms with E-state index in [-0.39, 0.29) is 19.1 Å². The standard InChI is InChI=1S/C23H27BrN2O6/c1-16(6-2-5-9-21(28)26-30)22(19-7-3-4-8-20(19)31-15-14-27)32-23(29)25-18-12-10-17(24)11-13-18/h3-5,7-13,16,22,27,30H,2,6,14-15H2,1H3,(H,25,29)(H,26,28)/b9-5+/t16-,22+/m1/s1. The number of aliphatic hydroxyl groups is 1. The lowest BCUT2D eigenvalue weighted by Gasteiger charge is -2.26. The van der Waals surface area contributed by atoms with Gasteiger partial charge in [0.1, 0.15) is 18.5 Å². The summed E-state index contributed by atoms with van der Waals surface area (Å²) in [5.74, 6) is -0.224. The third-order valence-corrected chi connectivity index (χ3v) is 5.11. The summed E-state index contributed by atoms with van der Waals surface area (Å²) < 4.78 is 12.3. The summed E-state index contributed by atoms with van der Waals surface area (Å²) in [5.41, 5.74) is 2.81. The second kappa shape index (κ2) is 13.5. The molecule has 0 aromatic heterocycles. The van der Waals surface area contributed by atoms with Gasteiger partial charge in [-0.3, -0.25) is 15.3 Å². The first-order valence-electron chi connectivity index (χ1n) is 10.1. The Kier molecular flexibility index (Phi) is 10.7. The van der Waals surface area contributed by atoms with E-state index in [0.29, 0.717) is 29.8 Å². The average molecular weight is 507 g/mol. The molecule has 2 aromatic rings. The van der Waals surface area contributed by atoms with Crippen LogP contribution in [0.5, 0.6) is 5.75 Å². The van der Waals surface area contributed by atoms with Crippen molar-refractivity contribution in [1.82, 2.24) is 5.48 Å². The van der Waals surface area contributed by atoms with Crippen LogP contribution >= 0.6 is 15.9 Å². The molecule has 0 unspecified atom stereocenters. The highest BCUT2D eigenvalue weighted by Gasteiger charge is 2.26. The topological polar surface area (TPSA) is 117 Å². The van der Waals surface area contributed by atoms with Crippen molar-refractivity contribution in [2.45, 2.75) is 25.9 Å². The van der Waals surface area contributed by atoms with Crippen molar-refractivity contribution in [3.05, 3.63) is 70.7 Å². The minimum Gasteiger partial charge on any atom is -0.491 e. The van der Waals surface area contributed by atoms with Crippen molar-refractivity contribution >= 4 is 33.6 Å². The summed E-state index contributed by atoms with van der Waals surface area (Å²) in [6.45, 7) is 1.90. The fraction of sp³-hybridized carbons (Fsp3) is 0.304. The van der Waals surface area contributed by atoms with E-state index in [2.05, 4.69) is 21.2 Å². The molecule has 32 heavy (non-hydrogen) atoms. The second-order valence-corrected chi connectivity index (χ2v) is 7.92. The third kappa shape index (κ3) is 8.33. The average Bonchev–Trinajstić information content (AvgIpc) is 2.80. The maximum Gasteiger partial charge on any atom is 0.412 e. The SMILES string of the molecule is C[C@H](CC/C=C/C(=O)NO)[C@H](OC(=O)Nc1ccc(Br)cc1)c1ccccc1OCCO. The van der Waals surface area contributed by atoms with E-state index in [1.54, 1.807) is 30.3 Å². The predicted octanol–water partition coefficient (Wildman–Crippen LogP) is 4.59.